The molecule has 0 atom stereocenters. The van der Waals surface area contributed by atoms with Gasteiger partial charge >= 0.3 is 6.18 Å². The molecular weight excluding hydrogens is 575 g/mol. The van der Waals surface area contributed by atoms with Crippen LogP contribution >= 0.6 is 11.8 Å². The Bertz CT molecular complexity index is 1490. The van der Waals surface area contributed by atoms with Crippen molar-refractivity contribution in [1.29, 1.82) is 0 Å². The van der Waals surface area contributed by atoms with Gasteiger partial charge in [0.2, 0.25) is 5.91 Å². The van der Waals surface area contributed by atoms with Gasteiger partial charge in [0, 0.05) is 56.1 Å². The fraction of sp³-hybridized carbons (Fsp3) is 0.344. The van der Waals surface area contributed by atoms with E-state index in [0.29, 0.717) is 44.7 Å². The molecule has 1 fully saturated rings. The first kappa shape index (κ1) is 30.5. The van der Waals surface area contributed by atoms with Crippen LogP contribution in [0.5, 0.6) is 5.75 Å². The van der Waals surface area contributed by atoms with E-state index in [1.165, 1.54) is 12.1 Å². The highest BCUT2D eigenvalue weighted by Crippen LogP contribution is 2.32. The van der Waals surface area contributed by atoms with Crippen molar-refractivity contribution < 1.29 is 22.7 Å². The first-order chi connectivity index (χ1) is 20.8. The minimum absolute atomic E-state index is 0.0836. The number of unbranched alkanes of at least 4 members (excludes halogenated alkanes) is 1. The second-order valence-corrected chi connectivity index (χ2v) is 11.4. The summed E-state index contributed by atoms with van der Waals surface area (Å²) in [6, 6.07) is 23.3. The summed E-state index contributed by atoms with van der Waals surface area (Å²) < 4.78 is 46.7. The number of aromatic nitrogens is 3. The third kappa shape index (κ3) is 7.90. The summed E-state index contributed by atoms with van der Waals surface area (Å²) in [5.74, 6) is 2.49. The smallest absolute Gasteiger partial charge is 0.416 e. The number of nitrogens with zero attached hydrogens (tertiary/aromatic N) is 5. The predicted octanol–water partition coefficient (Wildman–Crippen LogP) is 6.50. The Balaban J connectivity index is 1.12. The van der Waals surface area contributed by atoms with Crippen molar-refractivity contribution in [2.24, 2.45) is 0 Å². The largest absolute Gasteiger partial charge is 0.497 e. The number of carbonyl (C=O) groups is 1. The van der Waals surface area contributed by atoms with Crippen molar-refractivity contribution in [3.8, 4) is 11.4 Å². The van der Waals surface area contributed by atoms with Crippen LogP contribution in [0.2, 0.25) is 0 Å². The summed E-state index contributed by atoms with van der Waals surface area (Å²) in [6.45, 7) is 2.02. The van der Waals surface area contributed by atoms with E-state index in [2.05, 4.69) is 26.9 Å². The molecule has 0 spiro atoms. The lowest BCUT2D eigenvalue weighted by atomic mass is 10.1. The number of methoxy groups -OCH3 is 1. The van der Waals surface area contributed by atoms with Gasteiger partial charge in [0.25, 0.3) is 0 Å². The van der Waals surface area contributed by atoms with Gasteiger partial charge in [-0.1, -0.05) is 48.2 Å². The van der Waals surface area contributed by atoms with Crippen LogP contribution in [0, 0.1) is 0 Å². The van der Waals surface area contributed by atoms with Crippen LogP contribution in [0.15, 0.2) is 84.0 Å². The second-order valence-electron chi connectivity index (χ2n) is 10.3. The van der Waals surface area contributed by atoms with E-state index in [1.807, 2.05) is 52.3 Å². The summed E-state index contributed by atoms with van der Waals surface area (Å²) in [6.07, 6.45) is -1.70. The molecule has 0 unspecified atom stereocenters. The number of piperazine rings is 1. The Morgan fingerprint density at radius 2 is 1.63 bits per heavy atom. The molecule has 3 aromatic carbocycles. The topological polar surface area (TPSA) is 63.5 Å². The van der Waals surface area contributed by atoms with Gasteiger partial charge in [0.1, 0.15) is 11.6 Å². The van der Waals surface area contributed by atoms with E-state index in [4.69, 9.17) is 4.74 Å². The molecule has 43 heavy (non-hydrogen) atoms. The maximum Gasteiger partial charge on any atom is 0.416 e. The number of alkyl halides is 3. The Labute approximate surface area is 253 Å². The van der Waals surface area contributed by atoms with Crippen LogP contribution in [0.3, 0.4) is 0 Å². The SMILES string of the molecule is COc1ccc(-n2c(Cc3ccccc3)nnc2SCCCCC(=O)N2CCN(c3cccc(C(F)(F)F)c3)CC2)cc1. The number of ether oxygens (including phenoxy) is 1. The van der Waals surface area contributed by atoms with Gasteiger partial charge in [0.05, 0.1) is 12.7 Å². The molecule has 1 aliphatic heterocycles. The van der Waals surface area contributed by atoms with Gasteiger partial charge in [-0.15, -0.1) is 10.2 Å². The standard InChI is InChI=1S/C32H34F3N5O2S/c1-42-28-15-13-26(14-16-28)40-29(22-24-8-3-2-4-9-24)36-37-31(40)43-21-6-5-12-30(41)39-19-17-38(18-20-39)27-11-7-10-25(23-27)32(33,34)35/h2-4,7-11,13-16,23H,5-6,12,17-22H2,1H3. The number of anilines is 1. The van der Waals surface area contributed by atoms with Gasteiger partial charge in [-0.2, -0.15) is 13.2 Å². The minimum Gasteiger partial charge on any atom is -0.497 e. The maximum atomic E-state index is 13.1. The van der Waals surface area contributed by atoms with E-state index in [9.17, 15) is 18.0 Å². The first-order valence-corrected chi connectivity index (χ1v) is 15.3. The van der Waals surface area contributed by atoms with Gasteiger partial charge in [0.15, 0.2) is 5.16 Å². The fourth-order valence-corrected chi connectivity index (χ4v) is 6.04. The third-order valence-electron chi connectivity index (χ3n) is 7.42. The number of rotatable bonds is 11. The van der Waals surface area contributed by atoms with E-state index in [-0.39, 0.29) is 5.91 Å². The fourth-order valence-electron chi connectivity index (χ4n) is 5.07. The zero-order valence-corrected chi connectivity index (χ0v) is 24.8. The van der Waals surface area contributed by atoms with Gasteiger partial charge in [-0.25, -0.2) is 0 Å². The van der Waals surface area contributed by atoms with E-state index in [0.717, 1.165) is 52.6 Å². The van der Waals surface area contributed by atoms with Gasteiger partial charge < -0.3 is 14.5 Å². The number of hydrogen-bond donors (Lipinski definition) is 0. The molecule has 0 bridgehead atoms. The van der Waals surface area contributed by atoms with E-state index >= 15 is 0 Å². The Kier molecular flexibility index (Phi) is 9.91. The number of benzene rings is 3. The maximum absolute atomic E-state index is 13.1. The van der Waals surface area contributed by atoms with Crippen molar-refractivity contribution in [1.82, 2.24) is 19.7 Å². The van der Waals surface area contributed by atoms with E-state index in [1.54, 1.807) is 24.9 Å². The molecule has 0 saturated carbocycles. The van der Waals surface area contributed by atoms with Crippen LogP contribution in [0.4, 0.5) is 18.9 Å². The van der Waals surface area contributed by atoms with Crippen LogP contribution in [-0.2, 0) is 17.4 Å². The molecule has 11 heteroatoms. The molecule has 0 radical (unpaired) electrons. The van der Waals surface area contributed by atoms with Gasteiger partial charge in [-0.05, 0) is 60.9 Å². The molecule has 1 aliphatic rings. The average Bonchev–Trinajstić information content (AvgIpc) is 3.43. The summed E-state index contributed by atoms with van der Waals surface area (Å²) in [7, 11) is 1.64. The number of halogens is 3. The molecule has 0 aliphatic carbocycles. The Hall–Kier alpha value is -3.99. The van der Waals surface area contributed by atoms with E-state index < -0.39 is 11.7 Å². The van der Waals surface area contributed by atoms with Crippen LogP contribution in [0.25, 0.3) is 5.69 Å². The highest BCUT2D eigenvalue weighted by Gasteiger charge is 2.31. The van der Waals surface area contributed by atoms with Crippen molar-refractivity contribution >= 4 is 23.4 Å². The monoisotopic (exact) mass is 609 g/mol. The van der Waals surface area contributed by atoms with Crippen LogP contribution in [-0.4, -0.2) is 64.6 Å². The number of amides is 1. The molecule has 1 aromatic heterocycles. The molecule has 5 rings (SSSR count). The highest BCUT2D eigenvalue weighted by molar-refractivity contribution is 7.99. The zero-order valence-electron chi connectivity index (χ0n) is 24.0. The quantitative estimate of drug-likeness (QED) is 0.143. The number of carbonyl (C=O) groups excluding carboxylic acids is 1. The van der Waals surface area contributed by atoms with Crippen molar-refractivity contribution in [3.63, 3.8) is 0 Å². The molecule has 1 amide bonds. The summed E-state index contributed by atoms with van der Waals surface area (Å²) >= 11 is 1.62. The summed E-state index contributed by atoms with van der Waals surface area (Å²) in [5, 5.41) is 9.79. The zero-order chi connectivity index (χ0) is 30.2. The highest BCUT2D eigenvalue weighted by atomic mass is 32.2. The molecular formula is C32H34F3N5O2S. The predicted molar refractivity (Wildman–Crippen MR) is 162 cm³/mol. The lowest BCUT2D eigenvalue weighted by Crippen LogP contribution is -2.48. The molecule has 0 N–H and O–H groups in total. The summed E-state index contributed by atoms with van der Waals surface area (Å²) in [5.41, 5.74) is 1.98. The van der Waals surface area contributed by atoms with Crippen molar-refractivity contribution in [2.75, 3.05) is 43.9 Å². The third-order valence-corrected chi connectivity index (χ3v) is 8.44. The normalized spacial score (nSPS) is 13.8. The lowest BCUT2D eigenvalue weighted by molar-refractivity contribution is -0.137. The molecule has 4 aromatic rings. The van der Waals surface area contributed by atoms with Gasteiger partial charge in [-0.3, -0.25) is 9.36 Å². The van der Waals surface area contributed by atoms with Crippen molar-refractivity contribution in [3.05, 3.63) is 95.8 Å². The molecule has 7 nitrogen and oxygen atoms in total. The van der Waals surface area contributed by atoms with Crippen molar-refractivity contribution in [2.45, 2.75) is 37.0 Å². The van der Waals surface area contributed by atoms with Crippen LogP contribution in [0.1, 0.15) is 36.2 Å². The first-order valence-electron chi connectivity index (χ1n) is 14.3. The second kappa shape index (κ2) is 14.0. The molecule has 2 heterocycles. The average molecular weight is 610 g/mol. The summed E-state index contributed by atoms with van der Waals surface area (Å²) in [4.78, 5) is 16.6. The Morgan fingerprint density at radius 1 is 0.884 bits per heavy atom. The lowest BCUT2D eigenvalue weighted by Gasteiger charge is -2.36. The molecule has 226 valence electrons. The molecule has 1 saturated heterocycles. The minimum atomic E-state index is -4.37. The Morgan fingerprint density at radius 3 is 2.33 bits per heavy atom. The number of thioether (sulfide) groups is 1. The number of hydrogen-bond acceptors (Lipinski definition) is 6. The van der Waals surface area contributed by atoms with Crippen LogP contribution < -0.4 is 9.64 Å².